The van der Waals surface area contributed by atoms with Crippen molar-refractivity contribution in [2.45, 2.75) is 0 Å². The van der Waals surface area contributed by atoms with Gasteiger partial charge in [0.2, 0.25) is 5.78 Å². The molecule has 0 bridgehead atoms. The van der Waals surface area contributed by atoms with Crippen LogP contribution in [-0.2, 0) is 9.53 Å². The number of hydrogen-bond donors (Lipinski definition) is 1. The highest BCUT2D eigenvalue weighted by molar-refractivity contribution is 6.04. The van der Waals surface area contributed by atoms with Gasteiger partial charge in [-0.05, 0) is 24.3 Å². The van der Waals surface area contributed by atoms with E-state index in [1.807, 2.05) is 54.6 Å². The summed E-state index contributed by atoms with van der Waals surface area (Å²) in [5.74, 6) is -0.743. The Morgan fingerprint density at radius 2 is 1.66 bits per heavy atom. The Hall–Kier alpha value is -4.05. The Morgan fingerprint density at radius 1 is 1.03 bits per heavy atom. The molecular formula is C22H18N4O3. The quantitative estimate of drug-likeness (QED) is 0.421. The Morgan fingerprint density at radius 3 is 2.28 bits per heavy atom. The number of esters is 1. The summed E-state index contributed by atoms with van der Waals surface area (Å²) < 4.78 is 5.17. The number of benzene rings is 2. The second-order valence-corrected chi connectivity index (χ2v) is 6.69. The van der Waals surface area contributed by atoms with Crippen molar-refractivity contribution in [3.8, 4) is 6.07 Å². The molecule has 0 saturated heterocycles. The first-order valence-electron chi connectivity index (χ1n) is 9.00. The molecule has 144 valence electrons. The number of aromatic nitrogens is 1. The van der Waals surface area contributed by atoms with Gasteiger partial charge in [0, 0.05) is 25.0 Å². The fourth-order valence-electron chi connectivity index (χ4n) is 3.52. The molecule has 29 heavy (non-hydrogen) atoms. The smallest absolute Gasteiger partial charge is 0.355 e. The van der Waals surface area contributed by atoms with Crippen molar-refractivity contribution in [3.05, 3.63) is 71.7 Å². The topological polar surface area (TPSA) is 89.4 Å². The number of aromatic amines is 1. The number of ketones is 1. The third-order valence-electron chi connectivity index (χ3n) is 4.94. The number of nitrogens with zero attached hydrogens (tertiary/aromatic N) is 3. The fourth-order valence-corrected chi connectivity index (χ4v) is 3.52. The first-order valence-corrected chi connectivity index (χ1v) is 9.00. The van der Waals surface area contributed by atoms with Crippen LogP contribution in [-0.4, -0.2) is 37.4 Å². The highest BCUT2D eigenvalue weighted by Gasteiger charge is 2.31. The summed E-state index contributed by atoms with van der Waals surface area (Å²) in [5.41, 5.74) is 2.78. The van der Waals surface area contributed by atoms with Gasteiger partial charge in [0.05, 0.1) is 11.4 Å². The average Bonchev–Trinajstić information content (AvgIpc) is 3.28. The number of fused-ring (bicyclic) bond motifs is 2. The lowest BCUT2D eigenvalue weighted by Crippen LogP contribution is -2.27. The van der Waals surface area contributed by atoms with E-state index < -0.39 is 18.4 Å². The molecular weight excluding hydrogens is 368 g/mol. The molecule has 7 heteroatoms. The molecule has 4 rings (SSSR count). The number of nitriles is 1. The van der Waals surface area contributed by atoms with Crippen LogP contribution in [0.2, 0.25) is 0 Å². The molecule has 1 aromatic heterocycles. The van der Waals surface area contributed by atoms with Gasteiger partial charge < -0.3 is 19.5 Å². The van der Waals surface area contributed by atoms with E-state index in [-0.39, 0.29) is 11.3 Å². The van der Waals surface area contributed by atoms with E-state index in [1.165, 1.54) is 0 Å². The molecule has 1 N–H and O–H groups in total. The molecule has 2 aromatic carbocycles. The molecule has 2 heterocycles. The van der Waals surface area contributed by atoms with Gasteiger partial charge in [-0.1, -0.05) is 30.3 Å². The van der Waals surface area contributed by atoms with Gasteiger partial charge in [0.1, 0.15) is 23.2 Å². The van der Waals surface area contributed by atoms with E-state index in [0.29, 0.717) is 5.82 Å². The Bertz CT molecular complexity index is 1140. The maximum Gasteiger partial charge on any atom is 0.355 e. The van der Waals surface area contributed by atoms with Crippen LogP contribution in [0.15, 0.2) is 66.0 Å². The lowest BCUT2D eigenvalue weighted by Gasteiger charge is -2.19. The normalized spacial score (nSPS) is 12.7. The van der Waals surface area contributed by atoms with Crippen LogP contribution in [0.4, 0.5) is 11.4 Å². The van der Waals surface area contributed by atoms with Gasteiger partial charge in [-0.3, -0.25) is 4.79 Å². The average molecular weight is 386 g/mol. The van der Waals surface area contributed by atoms with Gasteiger partial charge in [-0.15, -0.1) is 0 Å². The van der Waals surface area contributed by atoms with E-state index in [0.717, 1.165) is 22.3 Å². The van der Waals surface area contributed by atoms with Gasteiger partial charge in [0.25, 0.3) is 0 Å². The third kappa shape index (κ3) is 3.11. The van der Waals surface area contributed by atoms with Crippen LogP contribution >= 0.6 is 0 Å². The minimum Gasteiger partial charge on any atom is -0.453 e. The molecule has 0 saturated carbocycles. The molecule has 0 spiro atoms. The van der Waals surface area contributed by atoms with Crippen molar-refractivity contribution < 1.29 is 14.3 Å². The zero-order valence-electron chi connectivity index (χ0n) is 16.0. The number of hydrogen-bond acceptors (Lipinski definition) is 6. The predicted molar refractivity (Wildman–Crippen MR) is 109 cm³/mol. The van der Waals surface area contributed by atoms with E-state index in [4.69, 9.17) is 4.74 Å². The minimum absolute atomic E-state index is 0.0596. The zero-order chi connectivity index (χ0) is 20.5. The number of Topliss-reactive ketones (excluding diaryl/α,β-unsaturated/α-hetero) is 1. The summed E-state index contributed by atoms with van der Waals surface area (Å²) in [7, 11) is 3.58. The van der Waals surface area contributed by atoms with Crippen molar-refractivity contribution in [2.75, 3.05) is 30.5 Å². The van der Waals surface area contributed by atoms with Gasteiger partial charge in [-0.2, -0.15) is 5.26 Å². The number of ether oxygens (including phenoxy) is 1. The monoisotopic (exact) mass is 386 g/mol. The van der Waals surface area contributed by atoms with Crippen LogP contribution in [0, 0.1) is 11.3 Å². The molecule has 1 aliphatic heterocycles. The highest BCUT2D eigenvalue weighted by Crippen LogP contribution is 2.40. The van der Waals surface area contributed by atoms with Crippen molar-refractivity contribution in [3.63, 3.8) is 0 Å². The molecule has 0 aliphatic carbocycles. The molecule has 0 radical (unpaired) electrons. The fraction of sp³-hybridized carbons (Fsp3) is 0.136. The Balaban J connectivity index is 1.53. The number of para-hydroxylation sites is 3. The first-order chi connectivity index (χ1) is 14.0. The molecule has 3 aromatic rings. The van der Waals surface area contributed by atoms with Gasteiger partial charge >= 0.3 is 5.97 Å². The number of anilines is 2. The second kappa shape index (κ2) is 7.17. The van der Waals surface area contributed by atoms with Gasteiger partial charge in [0.15, 0.2) is 6.61 Å². The van der Waals surface area contributed by atoms with E-state index in [2.05, 4.69) is 4.98 Å². The minimum atomic E-state index is -0.645. The largest absolute Gasteiger partial charge is 0.453 e. The summed E-state index contributed by atoms with van der Waals surface area (Å²) in [6.45, 7) is -0.515. The summed E-state index contributed by atoms with van der Waals surface area (Å²) in [4.78, 5) is 31.6. The molecule has 7 nitrogen and oxygen atoms in total. The highest BCUT2D eigenvalue weighted by atomic mass is 16.5. The number of carbonyl (C=O) groups excluding carboxylic acids is 2. The molecule has 0 atom stereocenters. The summed E-state index contributed by atoms with van der Waals surface area (Å²) in [6, 6.07) is 18.7. The van der Waals surface area contributed by atoms with Crippen LogP contribution < -0.4 is 9.80 Å². The number of H-pyrrole nitrogens is 1. The zero-order valence-corrected chi connectivity index (χ0v) is 16.0. The molecule has 0 amide bonds. The number of rotatable bonds is 4. The number of nitrogens with one attached hydrogen (secondary N) is 1. The Labute approximate surface area is 167 Å². The summed E-state index contributed by atoms with van der Waals surface area (Å²) in [5, 5.41) is 10.5. The van der Waals surface area contributed by atoms with E-state index >= 15 is 0 Å². The van der Waals surface area contributed by atoms with Crippen molar-refractivity contribution in [1.82, 2.24) is 4.98 Å². The van der Waals surface area contributed by atoms with Crippen molar-refractivity contribution >= 4 is 34.0 Å². The van der Waals surface area contributed by atoms with E-state index in [9.17, 15) is 14.9 Å². The maximum absolute atomic E-state index is 12.7. The van der Waals surface area contributed by atoms with Crippen LogP contribution in [0.5, 0.6) is 0 Å². The maximum atomic E-state index is 12.7. The summed E-state index contributed by atoms with van der Waals surface area (Å²) >= 11 is 0. The lowest BCUT2D eigenvalue weighted by molar-refractivity contribution is -0.118. The standard InChI is InChI=1S/C22H18N4O3/c1-25-18-9-5-6-10-19(18)26(2)21(25)15(12-23)20(27)13-29-22(28)17-11-14-7-3-4-8-16(14)24-17/h3-11,24H,13H2,1-2H3. The lowest BCUT2D eigenvalue weighted by atomic mass is 10.2. The van der Waals surface area contributed by atoms with E-state index in [1.54, 1.807) is 30.0 Å². The Kier molecular flexibility index (Phi) is 4.53. The van der Waals surface area contributed by atoms with Crippen LogP contribution in [0.1, 0.15) is 10.5 Å². The molecule has 0 fully saturated rings. The van der Waals surface area contributed by atoms with Crippen molar-refractivity contribution in [1.29, 1.82) is 5.26 Å². The number of carbonyl (C=O) groups is 2. The predicted octanol–water partition coefficient (Wildman–Crippen LogP) is 3.22. The molecule has 0 unspecified atom stereocenters. The summed E-state index contributed by atoms with van der Waals surface area (Å²) in [6.07, 6.45) is 0. The molecule has 1 aliphatic rings. The first kappa shape index (κ1) is 18.3. The van der Waals surface area contributed by atoms with Crippen molar-refractivity contribution in [2.24, 2.45) is 0 Å². The van der Waals surface area contributed by atoms with Gasteiger partial charge in [-0.25, -0.2) is 4.79 Å². The van der Waals surface area contributed by atoms with Crippen LogP contribution in [0.3, 0.4) is 0 Å². The second-order valence-electron chi connectivity index (χ2n) is 6.69. The third-order valence-corrected chi connectivity index (χ3v) is 4.94. The SMILES string of the molecule is CN1C(=C(C#N)C(=O)COC(=O)c2cc3ccccc3[nH]2)N(C)c2ccccc21. The van der Waals surface area contributed by atoms with Crippen LogP contribution in [0.25, 0.3) is 10.9 Å².